The minimum atomic E-state index is -3.90. The first kappa shape index (κ1) is 20.8. The lowest BCUT2D eigenvalue weighted by Gasteiger charge is -2.44. The largest absolute Gasteiger partial charge is 0.370 e. The van der Waals surface area contributed by atoms with E-state index >= 15 is 0 Å². The van der Waals surface area contributed by atoms with Gasteiger partial charge >= 0.3 is 0 Å². The fraction of sp³-hybridized carbons (Fsp3) is 0.429. The van der Waals surface area contributed by atoms with Gasteiger partial charge in [-0.05, 0) is 31.4 Å². The summed E-state index contributed by atoms with van der Waals surface area (Å²) in [5, 5.41) is 14.7. The minimum absolute atomic E-state index is 0.0954. The fourth-order valence-electron chi connectivity index (χ4n) is 4.44. The Balaban J connectivity index is 1.83. The molecule has 0 amide bonds. The van der Waals surface area contributed by atoms with Crippen LogP contribution in [0.25, 0.3) is 0 Å². The van der Waals surface area contributed by atoms with Gasteiger partial charge in [-0.25, -0.2) is 8.42 Å². The van der Waals surface area contributed by atoms with Crippen LogP contribution in [0, 0.1) is 10.1 Å². The monoisotopic (exact) mass is 430 g/mol. The van der Waals surface area contributed by atoms with Crippen LogP contribution in [-0.4, -0.2) is 50.4 Å². The molecule has 2 fully saturated rings. The molecule has 2 saturated heterocycles. The second-order valence-electron chi connectivity index (χ2n) is 8.00. The van der Waals surface area contributed by atoms with E-state index in [2.05, 4.69) is 5.32 Å². The van der Waals surface area contributed by atoms with Gasteiger partial charge < -0.3 is 10.2 Å². The van der Waals surface area contributed by atoms with Crippen LogP contribution in [-0.2, 0) is 15.6 Å². The Morgan fingerprint density at radius 2 is 1.77 bits per heavy atom. The number of piperazine rings is 1. The lowest BCUT2D eigenvalue weighted by molar-refractivity contribution is -0.384. The summed E-state index contributed by atoms with van der Waals surface area (Å²) < 4.78 is 29.4. The molecule has 1 atom stereocenters. The standard InChI is InChI=1S/C21H26N4O4S/c1-21(17-7-3-2-4-8-17)16-22-11-14-24(21)30(28,29)20-10-9-18(25(26)27)15-19(20)23-12-5-6-13-23/h2-4,7-10,15,22H,5-6,11-14,16H2,1H3. The molecule has 0 aromatic heterocycles. The summed E-state index contributed by atoms with van der Waals surface area (Å²) in [7, 11) is -3.90. The van der Waals surface area contributed by atoms with Crippen LogP contribution in [0.5, 0.6) is 0 Å². The maximum Gasteiger partial charge on any atom is 0.271 e. The molecule has 30 heavy (non-hydrogen) atoms. The van der Waals surface area contributed by atoms with Gasteiger partial charge in [-0.2, -0.15) is 4.31 Å². The number of nitrogens with zero attached hydrogens (tertiary/aromatic N) is 3. The number of rotatable bonds is 5. The topological polar surface area (TPSA) is 95.8 Å². The molecule has 0 saturated carbocycles. The van der Waals surface area contributed by atoms with Gasteiger partial charge in [0.25, 0.3) is 5.69 Å². The maximum absolute atomic E-state index is 13.9. The van der Waals surface area contributed by atoms with Crippen molar-refractivity contribution in [2.75, 3.05) is 37.6 Å². The van der Waals surface area contributed by atoms with Crippen molar-refractivity contribution in [3.05, 3.63) is 64.2 Å². The van der Waals surface area contributed by atoms with Gasteiger partial charge in [0.2, 0.25) is 10.0 Å². The van der Waals surface area contributed by atoms with Crippen molar-refractivity contribution in [3.8, 4) is 0 Å². The molecule has 0 bridgehead atoms. The van der Waals surface area contributed by atoms with Gasteiger partial charge in [-0.1, -0.05) is 30.3 Å². The van der Waals surface area contributed by atoms with Crippen LogP contribution >= 0.6 is 0 Å². The van der Waals surface area contributed by atoms with Crippen molar-refractivity contribution >= 4 is 21.4 Å². The lowest BCUT2D eigenvalue weighted by Crippen LogP contribution is -2.59. The number of nitro benzene ring substituents is 1. The van der Waals surface area contributed by atoms with E-state index in [9.17, 15) is 18.5 Å². The average molecular weight is 431 g/mol. The van der Waals surface area contributed by atoms with Crippen molar-refractivity contribution in [2.24, 2.45) is 0 Å². The number of hydrogen-bond acceptors (Lipinski definition) is 6. The predicted octanol–water partition coefficient (Wildman–Crippen LogP) is 2.70. The third-order valence-corrected chi connectivity index (χ3v) is 8.14. The first-order chi connectivity index (χ1) is 14.3. The first-order valence-corrected chi connectivity index (χ1v) is 11.6. The van der Waals surface area contributed by atoms with Crippen molar-refractivity contribution in [2.45, 2.75) is 30.2 Å². The molecule has 2 aromatic rings. The van der Waals surface area contributed by atoms with Crippen LogP contribution in [0.1, 0.15) is 25.3 Å². The molecule has 0 aliphatic carbocycles. The number of hydrogen-bond donors (Lipinski definition) is 1. The van der Waals surface area contributed by atoms with Crippen molar-refractivity contribution in [1.82, 2.24) is 9.62 Å². The molecule has 2 aromatic carbocycles. The molecule has 9 heteroatoms. The summed E-state index contributed by atoms with van der Waals surface area (Å²) in [5.41, 5.74) is 0.477. The zero-order valence-electron chi connectivity index (χ0n) is 17.0. The van der Waals surface area contributed by atoms with E-state index in [-0.39, 0.29) is 10.6 Å². The summed E-state index contributed by atoms with van der Waals surface area (Å²) in [4.78, 5) is 12.9. The molecule has 2 aliphatic rings. The first-order valence-electron chi connectivity index (χ1n) is 10.2. The number of sulfonamides is 1. The van der Waals surface area contributed by atoms with Crippen LogP contribution in [0.15, 0.2) is 53.4 Å². The van der Waals surface area contributed by atoms with E-state index in [1.54, 1.807) is 4.31 Å². The third kappa shape index (κ3) is 3.57. The fourth-order valence-corrected chi connectivity index (χ4v) is 6.40. The third-order valence-electron chi connectivity index (χ3n) is 6.08. The molecular weight excluding hydrogens is 404 g/mol. The van der Waals surface area contributed by atoms with E-state index in [1.807, 2.05) is 42.2 Å². The summed E-state index contributed by atoms with van der Waals surface area (Å²) in [6.07, 6.45) is 1.88. The second-order valence-corrected chi connectivity index (χ2v) is 9.83. The molecule has 8 nitrogen and oxygen atoms in total. The maximum atomic E-state index is 13.9. The smallest absolute Gasteiger partial charge is 0.271 e. The van der Waals surface area contributed by atoms with Crippen molar-refractivity contribution in [3.63, 3.8) is 0 Å². The Bertz CT molecular complexity index is 1040. The highest BCUT2D eigenvalue weighted by Crippen LogP contribution is 2.39. The van der Waals surface area contributed by atoms with Crippen LogP contribution < -0.4 is 10.2 Å². The Labute approximate surface area is 176 Å². The predicted molar refractivity (Wildman–Crippen MR) is 115 cm³/mol. The molecule has 0 radical (unpaired) electrons. The van der Waals surface area contributed by atoms with Gasteiger partial charge in [0.1, 0.15) is 4.90 Å². The van der Waals surface area contributed by atoms with E-state index < -0.39 is 20.5 Å². The highest BCUT2D eigenvalue weighted by atomic mass is 32.2. The van der Waals surface area contributed by atoms with Crippen molar-refractivity contribution < 1.29 is 13.3 Å². The van der Waals surface area contributed by atoms with Gasteiger partial charge in [-0.3, -0.25) is 10.1 Å². The second kappa shape index (κ2) is 7.98. The average Bonchev–Trinajstić information content (AvgIpc) is 3.29. The quantitative estimate of drug-likeness (QED) is 0.579. The minimum Gasteiger partial charge on any atom is -0.370 e. The van der Waals surface area contributed by atoms with Gasteiger partial charge in [-0.15, -0.1) is 0 Å². The highest BCUT2D eigenvalue weighted by molar-refractivity contribution is 7.89. The summed E-state index contributed by atoms with van der Waals surface area (Å²) in [5.74, 6) is 0. The van der Waals surface area contributed by atoms with E-state index in [4.69, 9.17) is 0 Å². The number of anilines is 1. The zero-order chi connectivity index (χ0) is 21.4. The molecule has 0 spiro atoms. The zero-order valence-corrected chi connectivity index (χ0v) is 17.8. The molecule has 1 N–H and O–H groups in total. The Kier molecular flexibility index (Phi) is 5.52. The summed E-state index contributed by atoms with van der Waals surface area (Å²) in [6, 6.07) is 13.7. The normalized spacial score (nSPS) is 22.9. The number of nitro groups is 1. The molecule has 1 unspecified atom stereocenters. The molecule has 160 valence electrons. The van der Waals surface area contributed by atoms with Crippen molar-refractivity contribution in [1.29, 1.82) is 0 Å². The molecule has 2 aliphatic heterocycles. The highest BCUT2D eigenvalue weighted by Gasteiger charge is 2.44. The number of non-ortho nitro benzene ring substituents is 1. The SMILES string of the molecule is CC1(c2ccccc2)CNCCN1S(=O)(=O)c1ccc([N+](=O)[O-])cc1N1CCCC1. The van der Waals surface area contributed by atoms with Crippen LogP contribution in [0.4, 0.5) is 11.4 Å². The van der Waals surface area contributed by atoms with Crippen LogP contribution in [0.2, 0.25) is 0 Å². The van der Waals surface area contributed by atoms with Gasteiger partial charge in [0.15, 0.2) is 0 Å². The van der Waals surface area contributed by atoms with Gasteiger partial charge in [0.05, 0.1) is 16.1 Å². The Hall–Kier alpha value is -2.49. The molecule has 2 heterocycles. The van der Waals surface area contributed by atoms with Gasteiger partial charge in [0, 0.05) is 44.9 Å². The number of nitrogens with one attached hydrogen (secondary N) is 1. The van der Waals surface area contributed by atoms with E-state index in [1.165, 1.54) is 18.2 Å². The molecular formula is C21H26N4O4S. The Morgan fingerprint density at radius 1 is 1.07 bits per heavy atom. The summed E-state index contributed by atoms with van der Waals surface area (Å²) in [6.45, 7) is 4.68. The molecule has 4 rings (SSSR count). The van der Waals surface area contributed by atoms with E-state index in [0.717, 1.165) is 18.4 Å². The Morgan fingerprint density at radius 3 is 2.43 bits per heavy atom. The van der Waals surface area contributed by atoms with E-state index in [0.29, 0.717) is 38.4 Å². The summed E-state index contributed by atoms with van der Waals surface area (Å²) >= 11 is 0. The lowest BCUT2D eigenvalue weighted by atomic mass is 9.90. The van der Waals surface area contributed by atoms with Crippen LogP contribution in [0.3, 0.4) is 0 Å². The number of benzene rings is 2.